The van der Waals surface area contributed by atoms with Crippen LogP contribution in [0, 0.1) is 15.5 Å². The number of benzene rings is 2. The molecule has 176 valence electrons. The number of barbiturate groups is 1. The molecule has 3 aliphatic rings. The average Bonchev–Trinajstić information content (AvgIpc) is 2.85. The predicted octanol–water partition coefficient (Wildman–Crippen LogP) is 1.88. The van der Waals surface area contributed by atoms with Crippen LogP contribution in [-0.2, 0) is 22.6 Å². The van der Waals surface area contributed by atoms with Crippen molar-refractivity contribution in [1.82, 2.24) is 14.7 Å². The van der Waals surface area contributed by atoms with Crippen molar-refractivity contribution < 1.29 is 19.3 Å². The number of nitro groups is 1. The lowest BCUT2D eigenvalue weighted by molar-refractivity contribution is -0.384. The highest BCUT2D eigenvalue weighted by atomic mass is 16.6. The lowest BCUT2D eigenvalue weighted by atomic mass is 9.67. The minimum atomic E-state index is -1.55. The van der Waals surface area contributed by atoms with E-state index in [0.29, 0.717) is 31.7 Å². The lowest BCUT2D eigenvalue weighted by Crippen LogP contribution is -2.74. The van der Waals surface area contributed by atoms with Crippen LogP contribution in [0.2, 0.25) is 0 Å². The second-order valence-corrected chi connectivity index (χ2v) is 9.16. The van der Waals surface area contributed by atoms with Gasteiger partial charge >= 0.3 is 6.03 Å². The highest BCUT2D eigenvalue weighted by Gasteiger charge is 2.63. The van der Waals surface area contributed by atoms with Crippen LogP contribution in [-0.4, -0.2) is 77.2 Å². The molecular formula is C24H25N5O5. The Labute approximate surface area is 196 Å². The fourth-order valence-corrected chi connectivity index (χ4v) is 5.59. The third-order valence-electron chi connectivity index (χ3n) is 7.28. The van der Waals surface area contributed by atoms with Crippen molar-refractivity contribution in [3.8, 4) is 0 Å². The van der Waals surface area contributed by atoms with Crippen molar-refractivity contribution in [2.75, 3.05) is 38.6 Å². The van der Waals surface area contributed by atoms with Crippen LogP contribution in [0.25, 0.3) is 0 Å². The number of hydrogen-bond acceptors (Lipinski definition) is 7. The number of piperazine rings is 1. The summed E-state index contributed by atoms with van der Waals surface area (Å²) in [5.41, 5.74) is 0.851. The molecule has 34 heavy (non-hydrogen) atoms. The Morgan fingerprint density at radius 2 is 1.68 bits per heavy atom. The number of fused-ring (bicyclic) bond motifs is 4. The number of anilines is 1. The maximum Gasteiger partial charge on any atom is 0.332 e. The summed E-state index contributed by atoms with van der Waals surface area (Å²) in [6.07, 6.45) is 0.00395. The summed E-state index contributed by atoms with van der Waals surface area (Å²) in [5.74, 6) is -1.12. The molecule has 0 unspecified atom stereocenters. The number of rotatable bonds is 3. The Morgan fingerprint density at radius 1 is 1.00 bits per heavy atom. The van der Waals surface area contributed by atoms with Gasteiger partial charge in [0.2, 0.25) is 11.8 Å². The zero-order valence-electron chi connectivity index (χ0n) is 19.0. The maximum atomic E-state index is 13.7. The first-order chi connectivity index (χ1) is 16.2. The topological polar surface area (TPSA) is 107 Å². The summed E-state index contributed by atoms with van der Waals surface area (Å²) in [7, 11) is 2.76. The van der Waals surface area contributed by atoms with Gasteiger partial charge in [-0.1, -0.05) is 30.3 Å². The standard InChI is InChI=1S/C24H25N5O5/c1-25-21(30)24(22(31)26(2)23(25)32)13-17-12-18(29(33)34)8-9-19(17)28-11-10-27(15-20(24)28)14-16-6-4-3-5-7-16/h3-9,12,20H,10-11,13-15H2,1-2H3/t20-/m1/s1. The Kier molecular flexibility index (Phi) is 5.12. The van der Waals surface area contributed by atoms with E-state index in [0.717, 1.165) is 21.1 Å². The van der Waals surface area contributed by atoms with Gasteiger partial charge in [0.25, 0.3) is 5.69 Å². The van der Waals surface area contributed by atoms with E-state index in [1.807, 2.05) is 35.2 Å². The molecule has 3 aliphatic heterocycles. The first-order valence-corrected chi connectivity index (χ1v) is 11.1. The van der Waals surface area contributed by atoms with E-state index in [2.05, 4.69) is 4.90 Å². The second kappa shape index (κ2) is 7.91. The number of carbonyl (C=O) groups excluding carboxylic acids is 3. The van der Waals surface area contributed by atoms with E-state index in [9.17, 15) is 24.5 Å². The Hall–Kier alpha value is -3.79. The van der Waals surface area contributed by atoms with Crippen LogP contribution in [0.3, 0.4) is 0 Å². The first kappa shape index (κ1) is 22.0. The van der Waals surface area contributed by atoms with Gasteiger partial charge in [-0.05, 0) is 17.2 Å². The molecule has 0 saturated carbocycles. The molecule has 0 N–H and O–H groups in total. The molecule has 0 radical (unpaired) electrons. The molecule has 3 heterocycles. The van der Waals surface area contributed by atoms with Gasteiger partial charge < -0.3 is 4.90 Å². The summed E-state index contributed by atoms with van der Waals surface area (Å²) >= 11 is 0. The van der Waals surface area contributed by atoms with E-state index in [1.54, 1.807) is 6.07 Å². The molecule has 2 aromatic carbocycles. The van der Waals surface area contributed by atoms with E-state index in [-0.39, 0.29) is 12.1 Å². The van der Waals surface area contributed by atoms with E-state index in [1.165, 1.54) is 26.2 Å². The zero-order valence-corrected chi connectivity index (χ0v) is 19.0. The van der Waals surface area contributed by atoms with Crippen molar-refractivity contribution in [3.63, 3.8) is 0 Å². The Morgan fingerprint density at radius 3 is 2.32 bits per heavy atom. The van der Waals surface area contributed by atoms with Crippen LogP contribution in [0.1, 0.15) is 11.1 Å². The molecule has 1 spiro atoms. The third kappa shape index (κ3) is 3.17. The first-order valence-electron chi connectivity index (χ1n) is 11.1. The molecule has 0 aromatic heterocycles. The number of nitro benzene ring substituents is 1. The monoisotopic (exact) mass is 463 g/mol. The molecule has 0 aliphatic carbocycles. The Balaban J connectivity index is 1.61. The molecule has 2 aromatic rings. The summed E-state index contributed by atoms with van der Waals surface area (Å²) in [6, 6.07) is 13.4. The molecule has 10 heteroatoms. The molecule has 5 rings (SSSR count). The largest absolute Gasteiger partial charge is 0.364 e. The van der Waals surface area contributed by atoms with Crippen LogP contribution < -0.4 is 4.90 Å². The summed E-state index contributed by atoms with van der Waals surface area (Å²) in [4.78, 5) is 57.1. The minimum absolute atomic E-state index is 0.00395. The second-order valence-electron chi connectivity index (χ2n) is 9.16. The van der Waals surface area contributed by atoms with E-state index in [4.69, 9.17) is 0 Å². The minimum Gasteiger partial charge on any atom is -0.364 e. The molecule has 10 nitrogen and oxygen atoms in total. The SMILES string of the molecule is CN1C(=O)N(C)C(=O)C2(Cc3cc([N+](=O)[O-])ccc3N3CCN(Cc4ccccc4)C[C@@H]32)C1=O. The number of amides is 4. The highest BCUT2D eigenvalue weighted by molar-refractivity contribution is 6.20. The van der Waals surface area contributed by atoms with Crippen LogP contribution >= 0.6 is 0 Å². The lowest BCUT2D eigenvalue weighted by Gasteiger charge is -2.56. The number of non-ortho nitro benzene ring substituents is 1. The van der Waals surface area contributed by atoms with Crippen LogP contribution in [0.5, 0.6) is 0 Å². The summed E-state index contributed by atoms with van der Waals surface area (Å²) < 4.78 is 0. The molecule has 1 atom stereocenters. The molecule has 2 saturated heterocycles. The van der Waals surface area contributed by atoms with Gasteiger partial charge in [0.05, 0.1) is 11.0 Å². The van der Waals surface area contributed by atoms with Crippen molar-refractivity contribution in [2.45, 2.75) is 19.0 Å². The smallest absolute Gasteiger partial charge is 0.332 e. The number of nitrogens with zero attached hydrogens (tertiary/aromatic N) is 5. The number of hydrogen-bond donors (Lipinski definition) is 0. The van der Waals surface area contributed by atoms with Gasteiger partial charge in [-0.25, -0.2) is 4.79 Å². The summed E-state index contributed by atoms with van der Waals surface area (Å²) in [6.45, 7) is 2.36. The van der Waals surface area contributed by atoms with Gasteiger partial charge in [-0.15, -0.1) is 0 Å². The maximum absolute atomic E-state index is 13.7. The van der Waals surface area contributed by atoms with Gasteiger partial charge in [-0.2, -0.15) is 0 Å². The van der Waals surface area contributed by atoms with Gasteiger partial charge in [0, 0.05) is 64.5 Å². The van der Waals surface area contributed by atoms with Crippen LogP contribution in [0.15, 0.2) is 48.5 Å². The fraction of sp³-hybridized carbons (Fsp3) is 0.375. The molecule has 0 bridgehead atoms. The van der Waals surface area contributed by atoms with Crippen molar-refractivity contribution in [1.29, 1.82) is 0 Å². The molecule has 4 amide bonds. The highest BCUT2D eigenvalue weighted by Crippen LogP contribution is 2.47. The van der Waals surface area contributed by atoms with Crippen LogP contribution in [0.4, 0.5) is 16.2 Å². The zero-order chi connectivity index (χ0) is 24.2. The normalized spacial score (nSPS) is 22.1. The Bertz CT molecular complexity index is 1180. The van der Waals surface area contributed by atoms with Crippen molar-refractivity contribution in [3.05, 3.63) is 69.8 Å². The van der Waals surface area contributed by atoms with Gasteiger partial charge in [0.15, 0.2) is 5.41 Å². The number of urea groups is 1. The number of imide groups is 2. The molecular weight excluding hydrogens is 438 g/mol. The third-order valence-corrected chi connectivity index (χ3v) is 7.28. The average molecular weight is 463 g/mol. The summed E-state index contributed by atoms with van der Waals surface area (Å²) in [5, 5.41) is 11.4. The van der Waals surface area contributed by atoms with Crippen molar-refractivity contribution >= 4 is 29.2 Å². The van der Waals surface area contributed by atoms with Gasteiger partial charge in [0.1, 0.15) is 0 Å². The fourth-order valence-electron chi connectivity index (χ4n) is 5.59. The van der Waals surface area contributed by atoms with E-state index < -0.39 is 34.2 Å². The molecule has 2 fully saturated rings. The van der Waals surface area contributed by atoms with E-state index >= 15 is 0 Å². The quantitative estimate of drug-likeness (QED) is 0.389. The number of carbonyl (C=O) groups is 3. The van der Waals surface area contributed by atoms with Gasteiger partial charge in [-0.3, -0.25) is 34.4 Å². The predicted molar refractivity (Wildman–Crippen MR) is 123 cm³/mol. The van der Waals surface area contributed by atoms with Crippen molar-refractivity contribution in [2.24, 2.45) is 5.41 Å².